The van der Waals surface area contributed by atoms with Gasteiger partial charge in [0, 0.05) is 57.2 Å². The Labute approximate surface area is 175 Å². The van der Waals surface area contributed by atoms with Crippen LogP contribution in [-0.2, 0) is 4.79 Å². The van der Waals surface area contributed by atoms with Gasteiger partial charge in [0.15, 0.2) is 0 Å². The molecule has 2 aromatic rings. The molecule has 1 aliphatic heterocycles. The molecule has 0 bridgehead atoms. The number of likely N-dealkylation sites (N-methyl/N-ethyl adjacent to an activating group) is 1. The van der Waals surface area contributed by atoms with Gasteiger partial charge >= 0.3 is 0 Å². The van der Waals surface area contributed by atoms with Crippen molar-refractivity contribution in [3.63, 3.8) is 0 Å². The third-order valence-corrected chi connectivity index (χ3v) is 5.65. The second kappa shape index (κ2) is 10.3. The van der Waals surface area contributed by atoms with Crippen molar-refractivity contribution < 1.29 is 4.79 Å². The highest BCUT2D eigenvalue weighted by atomic mass is 16.2. The molecule has 1 amide bonds. The van der Waals surface area contributed by atoms with Gasteiger partial charge in [-0.15, -0.1) is 0 Å². The number of carbonyl (C=O) groups excluding carboxylic acids is 1. The topological polar surface area (TPSA) is 38.8 Å². The molecule has 1 heterocycles. The molecular weight excluding hydrogens is 360 g/mol. The van der Waals surface area contributed by atoms with E-state index in [1.54, 1.807) is 0 Å². The molecule has 156 valence electrons. The number of rotatable bonds is 8. The van der Waals surface area contributed by atoms with Crippen molar-refractivity contribution in [2.75, 3.05) is 62.2 Å². The van der Waals surface area contributed by atoms with Crippen LogP contribution < -0.4 is 15.1 Å². The third-order valence-electron chi connectivity index (χ3n) is 5.65. The molecule has 1 aliphatic rings. The number of nitrogens with one attached hydrogen (secondary N) is 1. The van der Waals surface area contributed by atoms with Crippen LogP contribution in [0.1, 0.15) is 18.1 Å². The SMILES string of the molecule is CCN(CCNC(=O)CN1CCN(c2ccccc2C)CC1)c1cccc(C)c1. The average Bonchev–Trinajstić information content (AvgIpc) is 2.72. The van der Waals surface area contributed by atoms with Crippen LogP contribution in [0.2, 0.25) is 0 Å². The molecule has 0 aromatic heterocycles. The molecule has 0 unspecified atom stereocenters. The van der Waals surface area contributed by atoms with Crippen LogP contribution in [0.15, 0.2) is 48.5 Å². The van der Waals surface area contributed by atoms with E-state index in [-0.39, 0.29) is 5.91 Å². The summed E-state index contributed by atoms with van der Waals surface area (Å²) >= 11 is 0. The number of para-hydroxylation sites is 1. The van der Waals surface area contributed by atoms with Crippen molar-refractivity contribution in [3.05, 3.63) is 59.7 Å². The Morgan fingerprint density at radius 2 is 1.79 bits per heavy atom. The van der Waals surface area contributed by atoms with Gasteiger partial charge in [-0.1, -0.05) is 30.3 Å². The number of piperazine rings is 1. The monoisotopic (exact) mass is 394 g/mol. The van der Waals surface area contributed by atoms with Crippen LogP contribution in [-0.4, -0.2) is 63.2 Å². The second-order valence-electron chi connectivity index (χ2n) is 7.82. The zero-order valence-electron chi connectivity index (χ0n) is 18.0. The van der Waals surface area contributed by atoms with Gasteiger partial charge in [0.05, 0.1) is 6.54 Å². The predicted octanol–water partition coefficient (Wildman–Crippen LogP) is 3.07. The van der Waals surface area contributed by atoms with Crippen molar-refractivity contribution in [2.24, 2.45) is 0 Å². The molecule has 1 saturated heterocycles. The molecule has 0 atom stereocenters. The zero-order valence-corrected chi connectivity index (χ0v) is 18.0. The minimum Gasteiger partial charge on any atom is -0.370 e. The van der Waals surface area contributed by atoms with E-state index in [0.717, 1.165) is 39.3 Å². The average molecular weight is 395 g/mol. The summed E-state index contributed by atoms with van der Waals surface area (Å²) in [5.74, 6) is 0.120. The molecule has 0 saturated carbocycles. The van der Waals surface area contributed by atoms with E-state index in [2.05, 4.69) is 89.3 Å². The summed E-state index contributed by atoms with van der Waals surface area (Å²) in [6, 6.07) is 17.0. The first kappa shape index (κ1) is 21.2. The number of hydrogen-bond acceptors (Lipinski definition) is 4. The molecule has 29 heavy (non-hydrogen) atoms. The molecular formula is C24H34N4O. The fourth-order valence-corrected chi connectivity index (χ4v) is 3.95. The van der Waals surface area contributed by atoms with Crippen LogP contribution in [0.5, 0.6) is 0 Å². The highest BCUT2D eigenvalue weighted by Gasteiger charge is 2.20. The highest BCUT2D eigenvalue weighted by molar-refractivity contribution is 5.78. The van der Waals surface area contributed by atoms with Crippen molar-refractivity contribution >= 4 is 17.3 Å². The maximum atomic E-state index is 12.4. The van der Waals surface area contributed by atoms with Crippen molar-refractivity contribution in [1.82, 2.24) is 10.2 Å². The molecule has 1 N–H and O–H groups in total. The van der Waals surface area contributed by atoms with E-state index in [9.17, 15) is 4.79 Å². The normalized spacial score (nSPS) is 14.7. The van der Waals surface area contributed by atoms with E-state index in [1.165, 1.54) is 22.5 Å². The van der Waals surface area contributed by atoms with E-state index in [1.807, 2.05) is 0 Å². The number of aryl methyl sites for hydroxylation is 2. The first-order valence-corrected chi connectivity index (χ1v) is 10.7. The fourth-order valence-electron chi connectivity index (χ4n) is 3.95. The standard InChI is InChI=1S/C24H34N4O/c1-4-27(22-10-7-8-20(2)18-22)13-12-25-24(29)19-26-14-16-28(17-15-26)23-11-6-5-9-21(23)3/h5-11,18H,4,12-17,19H2,1-3H3,(H,25,29). The van der Waals surface area contributed by atoms with E-state index in [4.69, 9.17) is 0 Å². The van der Waals surface area contributed by atoms with Crippen molar-refractivity contribution in [1.29, 1.82) is 0 Å². The fraction of sp³-hybridized carbons (Fsp3) is 0.458. The van der Waals surface area contributed by atoms with Gasteiger partial charge in [0.1, 0.15) is 0 Å². The van der Waals surface area contributed by atoms with Gasteiger partial charge in [0.25, 0.3) is 0 Å². The lowest BCUT2D eigenvalue weighted by atomic mass is 10.1. The van der Waals surface area contributed by atoms with Crippen LogP contribution >= 0.6 is 0 Å². The lowest BCUT2D eigenvalue weighted by Gasteiger charge is -2.36. The summed E-state index contributed by atoms with van der Waals surface area (Å²) < 4.78 is 0. The molecule has 1 fully saturated rings. The van der Waals surface area contributed by atoms with Crippen LogP contribution in [0.3, 0.4) is 0 Å². The number of hydrogen-bond donors (Lipinski definition) is 1. The van der Waals surface area contributed by atoms with Crippen molar-refractivity contribution in [3.8, 4) is 0 Å². The Balaban J connectivity index is 1.39. The number of anilines is 2. The Morgan fingerprint density at radius 1 is 1.03 bits per heavy atom. The van der Waals surface area contributed by atoms with Crippen LogP contribution in [0, 0.1) is 13.8 Å². The first-order valence-electron chi connectivity index (χ1n) is 10.7. The number of amides is 1. The highest BCUT2D eigenvalue weighted by Crippen LogP contribution is 2.20. The van der Waals surface area contributed by atoms with Crippen molar-refractivity contribution in [2.45, 2.75) is 20.8 Å². The minimum absolute atomic E-state index is 0.120. The van der Waals surface area contributed by atoms with E-state index < -0.39 is 0 Å². The van der Waals surface area contributed by atoms with Gasteiger partial charge in [-0.2, -0.15) is 0 Å². The number of nitrogens with zero attached hydrogens (tertiary/aromatic N) is 3. The van der Waals surface area contributed by atoms with E-state index >= 15 is 0 Å². The van der Waals surface area contributed by atoms with Gasteiger partial charge in [-0.3, -0.25) is 9.69 Å². The molecule has 2 aromatic carbocycles. The third kappa shape index (κ3) is 5.97. The summed E-state index contributed by atoms with van der Waals surface area (Å²) in [6.45, 7) is 13.1. The molecule has 0 spiro atoms. The van der Waals surface area contributed by atoms with Gasteiger partial charge in [-0.25, -0.2) is 0 Å². The first-order chi connectivity index (χ1) is 14.1. The Kier molecular flexibility index (Phi) is 7.53. The Hall–Kier alpha value is -2.53. The molecule has 3 rings (SSSR count). The lowest BCUT2D eigenvalue weighted by molar-refractivity contribution is -0.122. The van der Waals surface area contributed by atoms with Gasteiger partial charge in [0.2, 0.25) is 5.91 Å². The molecule has 5 heteroatoms. The number of carbonyl (C=O) groups is 1. The molecule has 5 nitrogen and oxygen atoms in total. The van der Waals surface area contributed by atoms with Crippen LogP contribution in [0.25, 0.3) is 0 Å². The zero-order chi connectivity index (χ0) is 20.6. The minimum atomic E-state index is 0.120. The summed E-state index contributed by atoms with van der Waals surface area (Å²) in [5, 5.41) is 3.10. The van der Waals surface area contributed by atoms with Gasteiger partial charge in [-0.05, 0) is 50.1 Å². The molecule has 0 radical (unpaired) electrons. The summed E-state index contributed by atoms with van der Waals surface area (Å²) in [4.78, 5) is 19.4. The maximum Gasteiger partial charge on any atom is 0.234 e. The van der Waals surface area contributed by atoms with Crippen LogP contribution in [0.4, 0.5) is 11.4 Å². The lowest BCUT2D eigenvalue weighted by Crippen LogP contribution is -2.50. The maximum absolute atomic E-state index is 12.4. The van der Waals surface area contributed by atoms with E-state index in [0.29, 0.717) is 13.1 Å². The second-order valence-corrected chi connectivity index (χ2v) is 7.82. The summed E-state index contributed by atoms with van der Waals surface area (Å²) in [6.07, 6.45) is 0. The Bertz CT molecular complexity index is 799. The summed E-state index contributed by atoms with van der Waals surface area (Å²) in [5.41, 5.74) is 5.10. The van der Waals surface area contributed by atoms with Gasteiger partial charge < -0.3 is 15.1 Å². The quantitative estimate of drug-likeness (QED) is 0.747. The Morgan fingerprint density at radius 3 is 2.48 bits per heavy atom. The largest absolute Gasteiger partial charge is 0.370 e. The predicted molar refractivity (Wildman–Crippen MR) is 122 cm³/mol. The number of benzene rings is 2. The summed E-state index contributed by atoms with van der Waals surface area (Å²) in [7, 11) is 0. The smallest absolute Gasteiger partial charge is 0.234 e. The molecule has 0 aliphatic carbocycles.